The number of hydrogen-bond donors (Lipinski definition) is 2. The van der Waals surface area contributed by atoms with Crippen LogP contribution < -0.4 is 10.6 Å². The quantitative estimate of drug-likeness (QED) is 0.584. The maximum absolute atomic E-state index is 10.3. The minimum atomic E-state index is 0. The number of carbonyl (C=O) groups is 1. The molecule has 10 heavy (non-hydrogen) atoms. The lowest BCUT2D eigenvalue weighted by Gasteiger charge is -1.99. The number of nitrogens with one attached hydrogen (secondary N) is 2. The molecule has 0 saturated carbocycles. The molecule has 0 unspecified atom stereocenters. The predicted octanol–water partition coefficient (Wildman–Crippen LogP) is 0.154. The van der Waals surface area contributed by atoms with Gasteiger partial charge in [0.15, 0.2) is 0 Å². The van der Waals surface area contributed by atoms with E-state index in [-0.39, 0.29) is 18.3 Å². The van der Waals surface area contributed by atoms with Crippen molar-refractivity contribution < 1.29 is 4.79 Å². The molecule has 0 aliphatic rings. The van der Waals surface area contributed by atoms with E-state index in [0.717, 1.165) is 19.5 Å². The van der Waals surface area contributed by atoms with Crippen LogP contribution >= 0.6 is 12.4 Å². The zero-order valence-electron chi connectivity index (χ0n) is 6.44. The Kier molecular flexibility index (Phi) is 10.8. The highest BCUT2D eigenvalue weighted by molar-refractivity contribution is 5.85. The number of rotatable bonds is 4. The largest absolute Gasteiger partial charge is 0.356 e. The van der Waals surface area contributed by atoms with E-state index in [2.05, 4.69) is 10.6 Å². The lowest BCUT2D eigenvalue weighted by molar-refractivity contribution is -0.118. The lowest BCUT2D eigenvalue weighted by atomic mass is 10.4. The summed E-state index contributed by atoms with van der Waals surface area (Å²) in [5.74, 6) is 0.0473. The zero-order valence-corrected chi connectivity index (χ0v) is 7.25. The Labute approximate surface area is 68.0 Å². The summed E-state index contributed by atoms with van der Waals surface area (Å²) in [6, 6.07) is 0. The van der Waals surface area contributed by atoms with Crippen LogP contribution in [0.4, 0.5) is 0 Å². The molecule has 0 radical (unpaired) electrons. The summed E-state index contributed by atoms with van der Waals surface area (Å²) in [5.41, 5.74) is 0. The SMILES string of the molecule is CNCCCNC(C)=O.Cl. The first-order chi connectivity index (χ1) is 4.27. The molecule has 0 spiro atoms. The topological polar surface area (TPSA) is 41.1 Å². The average Bonchev–Trinajstić information content (AvgIpc) is 1.80. The second-order valence-electron chi connectivity index (χ2n) is 1.94. The molecule has 0 aliphatic carbocycles. The highest BCUT2D eigenvalue weighted by atomic mass is 35.5. The molecule has 2 N–H and O–H groups in total. The molecule has 3 nitrogen and oxygen atoms in total. The van der Waals surface area contributed by atoms with Crippen molar-refractivity contribution in [2.75, 3.05) is 20.1 Å². The summed E-state index contributed by atoms with van der Waals surface area (Å²) in [5, 5.41) is 5.69. The maximum atomic E-state index is 10.3. The molecule has 62 valence electrons. The molecule has 0 atom stereocenters. The molecular weight excluding hydrogens is 152 g/mol. The lowest BCUT2D eigenvalue weighted by Crippen LogP contribution is -2.23. The Hall–Kier alpha value is -0.280. The number of halogens is 1. The Morgan fingerprint density at radius 3 is 2.40 bits per heavy atom. The Bertz CT molecular complexity index is 87.8. The van der Waals surface area contributed by atoms with Crippen LogP contribution in [0.3, 0.4) is 0 Å². The first-order valence-corrected chi connectivity index (χ1v) is 3.16. The van der Waals surface area contributed by atoms with Crippen LogP contribution in [-0.4, -0.2) is 26.0 Å². The van der Waals surface area contributed by atoms with Crippen molar-refractivity contribution in [3.8, 4) is 0 Å². The van der Waals surface area contributed by atoms with Gasteiger partial charge in [0.25, 0.3) is 0 Å². The predicted molar refractivity (Wildman–Crippen MR) is 44.5 cm³/mol. The average molecular weight is 167 g/mol. The normalized spacial score (nSPS) is 8.20. The molecule has 0 bridgehead atoms. The van der Waals surface area contributed by atoms with Crippen LogP contribution in [0.1, 0.15) is 13.3 Å². The molecule has 0 rings (SSSR count). The molecule has 4 heteroatoms. The van der Waals surface area contributed by atoms with Crippen LogP contribution in [0.25, 0.3) is 0 Å². The third kappa shape index (κ3) is 10.7. The van der Waals surface area contributed by atoms with Gasteiger partial charge in [-0.15, -0.1) is 12.4 Å². The highest BCUT2D eigenvalue weighted by Gasteiger charge is 1.87. The minimum absolute atomic E-state index is 0. The van der Waals surface area contributed by atoms with Crippen molar-refractivity contribution in [3.63, 3.8) is 0 Å². The van der Waals surface area contributed by atoms with Crippen LogP contribution in [0.5, 0.6) is 0 Å². The smallest absolute Gasteiger partial charge is 0.216 e. The van der Waals surface area contributed by atoms with Crippen molar-refractivity contribution in [2.45, 2.75) is 13.3 Å². The molecule has 0 heterocycles. The summed E-state index contributed by atoms with van der Waals surface area (Å²) in [6.45, 7) is 3.26. The Morgan fingerprint density at radius 1 is 1.40 bits per heavy atom. The van der Waals surface area contributed by atoms with E-state index < -0.39 is 0 Å². The van der Waals surface area contributed by atoms with Crippen LogP contribution in [0, 0.1) is 0 Å². The number of carbonyl (C=O) groups excluding carboxylic acids is 1. The van der Waals surface area contributed by atoms with E-state index in [0.29, 0.717) is 0 Å². The Balaban J connectivity index is 0. The molecule has 0 aliphatic heterocycles. The van der Waals surface area contributed by atoms with E-state index in [4.69, 9.17) is 0 Å². The van der Waals surface area contributed by atoms with Crippen LogP contribution in [0.2, 0.25) is 0 Å². The van der Waals surface area contributed by atoms with Gasteiger partial charge in [-0.05, 0) is 20.0 Å². The van der Waals surface area contributed by atoms with E-state index in [1.165, 1.54) is 6.92 Å². The molecule has 0 aromatic heterocycles. The van der Waals surface area contributed by atoms with E-state index in [9.17, 15) is 4.79 Å². The first kappa shape index (κ1) is 12.4. The van der Waals surface area contributed by atoms with Crippen molar-refractivity contribution >= 4 is 18.3 Å². The molecule has 0 fully saturated rings. The van der Waals surface area contributed by atoms with Gasteiger partial charge in [0, 0.05) is 13.5 Å². The van der Waals surface area contributed by atoms with Gasteiger partial charge in [0.05, 0.1) is 0 Å². The highest BCUT2D eigenvalue weighted by Crippen LogP contribution is 1.70. The van der Waals surface area contributed by atoms with Gasteiger partial charge in [0.1, 0.15) is 0 Å². The number of amides is 1. The van der Waals surface area contributed by atoms with Crippen molar-refractivity contribution in [1.82, 2.24) is 10.6 Å². The fourth-order valence-electron chi connectivity index (χ4n) is 0.530. The first-order valence-electron chi connectivity index (χ1n) is 3.16. The third-order valence-electron chi connectivity index (χ3n) is 0.977. The van der Waals surface area contributed by atoms with Gasteiger partial charge in [-0.2, -0.15) is 0 Å². The summed E-state index contributed by atoms with van der Waals surface area (Å²) < 4.78 is 0. The van der Waals surface area contributed by atoms with Crippen LogP contribution in [-0.2, 0) is 4.79 Å². The van der Waals surface area contributed by atoms with E-state index in [1.54, 1.807) is 0 Å². The molecular formula is C6H15ClN2O. The zero-order chi connectivity index (χ0) is 7.11. The fourth-order valence-corrected chi connectivity index (χ4v) is 0.530. The van der Waals surface area contributed by atoms with Gasteiger partial charge in [-0.3, -0.25) is 4.79 Å². The van der Waals surface area contributed by atoms with Gasteiger partial charge in [0.2, 0.25) is 5.91 Å². The van der Waals surface area contributed by atoms with Crippen molar-refractivity contribution in [3.05, 3.63) is 0 Å². The summed E-state index contributed by atoms with van der Waals surface area (Å²) in [7, 11) is 1.90. The van der Waals surface area contributed by atoms with Crippen LogP contribution in [0.15, 0.2) is 0 Å². The second-order valence-corrected chi connectivity index (χ2v) is 1.94. The molecule has 1 amide bonds. The van der Waals surface area contributed by atoms with Gasteiger partial charge >= 0.3 is 0 Å². The maximum Gasteiger partial charge on any atom is 0.216 e. The van der Waals surface area contributed by atoms with Gasteiger partial charge in [-0.25, -0.2) is 0 Å². The molecule has 0 saturated heterocycles. The second kappa shape index (κ2) is 8.72. The van der Waals surface area contributed by atoms with Crippen molar-refractivity contribution in [2.24, 2.45) is 0 Å². The molecule has 0 aromatic carbocycles. The standard InChI is InChI=1S/C6H14N2O.ClH/c1-6(9)8-5-3-4-7-2;/h7H,3-5H2,1-2H3,(H,8,9);1H. The van der Waals surface area contributed by atoms with Gasteiger partial charge < -0.3 is 10.6 Å². The third-order valence-corrected chi connectivity index (χ3v) is 0.977. The summed E-state index contributed by atoms with van der Waals surface area (Å²) in [6.07, 6.45) is 0.996. The van der Waals surface area contributed by atoms with Gasteiger partial charge in [-0.1, -0.05) is 0 Å². The summed E-state index contributed by atoms with van der Waals surface area (Å²) in [4.78, 5) is 10.3. The van der Waals surface area contributed by atoms with Crippen molar-refractivity contribution in [1.29, 1.82) is 0 Å². The summed E-state index contributed by atoms with van der Waals surface area (Å²) >= 11 is 0. The Morgan fingerprint density at radius 2 is 2.00 bits per heavy atom. The minimum Gasteiger partial charge on any atom is -0.356 e. The van der Waals surface area contributed by atoms with E-state index in [1.807, 2.05) is 7.05 Å². The number of hydrogen-bond acceptors (Lipinski definition) is 2. The fraction of sp³-hybridized carbons (Fsp3) is 0.833. The molecule has 0 aromatic rings. The monoisotopic (exact) mass is 166 g/mol. The van der Waals surface area contributed by atoms with E-state index >= 15 is 0 Å².